The van der Waals surface area contributed by atoms with Crippen LogP contribution in [0.5, 0.6) is 11.5 Å². The molecule has 28 heavy (non-hydrogen) atoms. The van der Waals surface area contributed by atoms with Gasteiger partial charge in [-0.25, -0.2) is 0 Å². The fourth-order valence-corrected chi connectivity index (χ4v) is 3.53. The quantitative estimate of drug-likeness (QED) is 0.522. The van der Waals surface area contributed by atoms with Crippen LogP contribution in [0.25, 0.3) is 0 Å². The third kappa shape index (κ3) is 6.27. The van der Waals surface area contributed by atoms with Crippen molar-refractivity contribution < 1.29 is 14.2 Å². The number of benzene rings is 1. The number of fused-ring (bicyclic) bond motifs is 1. The summed E-state index contributed by atoms with van der Waals surface area (Å²) in [6.07, 6.45) is 1.06. The predicted molar refractivity (Wildman–Crippen MR) is 111 cm³/mol. The predicted octanol–water partition coefficient (Wildman–Crippen LogP) is 1.87. The van der Waals surface area contributed by atoms with Crippen LogP contribution in [-0.4, -0.2) is 69.6 Å². The van der Waals surface area contributed by atoms with Gasteiger partial charge in [-0.05, 0) is 37.0 Å². The van der Waals surface area contributed by atoms with Crippen LogP contribution in [0.1, 0.15) is 26.3 Å². The van der Waals surface area contributed by atoms with Crippen LogP contribution in [0.2, 0.25) is 0 Å². The zero-order chi connectivity index (χ0) is 19.8. The lowest BCUT2D eigenvalue weighted by atomic mass is 10.1. The lowest BCUT2D eigenvalue weighted by Crippen LogP contribution is -2.46. The molecular weight excluding hydrogens is 356 g/mol. The lowest BCUT2D eigenvalue weighted by Gasteiger charge is -2.33. The molecule has 0 aliphatic carbocycles. The lowest BCUT2D eigenvalue weighted by molar-refractivity contribution is -0.0261. The molecule has 156 valence electrons. The molecule has 3 rings (SSSR count). The van der Waals surface area contributed by atoms with Gasteiger partial charge in [0.1, 0.15) is 0 Å². The molecule has 7 heteroatoms. The fraction of sp³-hybridized carbons (Fsp3) is 0.667. The summed E-state index contributed by atoms with van der Waals surface area (Å²) in [5, 5.41) is 6.74. The van der Waals surface area contributed by atoms with E-state index in [9.17, 15) is 0 Å². The minimum atomic E-state index is 0.164. The van der Waals surface area contributed by atoms with Crippen molar-refractivity contribution >= 4 is 5.96 Å². The molecule has 1 fully saturated rings. The minimum Gasteiger partial charge on any atom is -0.454 e. The first-order valence-corrected chi connectivity index (χ1v) is 10.4. The second kappa shape index (κ2) is 10.5. The minimum absolute atomic E-state index is 0.164. The van der Waals surface area contributed by atoms with Gasteiger partial charge in [0.25, 0.3) is 0 Å². The van der Waals surface area contributed by atoms with Gasteiger partial charge < -0.3 is 24.8 Å². The highest BCUT2D eigenvalue weighted by atomic mass is 16.7. The topological polar surface area (TPSA) is 67.4 Å². The second-order valence-electron chi connectivity index (χ2n) is 7.73. The number of ether oxygens (including phenoxy) is 3. The summed E-state index contributed by atoms with van der Waals surface area (Å²) >= 11 is 0. The first-order valence-electron chi connectivity index (χ1n) is 10.4. The molecule has 2 N–H and O–H groups in total. The Bertz CT molecular complexity index is 651. The highest BCUT2D eigenvalue weighted by Gasteiger charge is 2.20. The molecule has 0 radical (unpaired) electrons. The zero-order valence-corrected chi connectivity index (χ0v) is 17.4. The molecule has 0 bridgehead atoms. The summed E-state index contributed by atoms with van der Waals surface area (Å²) < 4.78 is 16.7. The van der Waals surface area contributed by atoms with E-state index in [-0.39, 0.29) is 6.10 Å². The van der Waals surface area contributed by atoms with Crippen LogP contribution < -0.4 is 20.1 Å². The number of aliphatic imine (C=N–C) groups is 1. The molecule has 2 aliphatic rings. The van der Waals surface area contributed by atoms with Crippen molar-refractivity contribution in [2.24, 2.45) is 10.9 Å². The van der Waals surface area contributed by atoms with Gasteiger partial charge in [-0.2, -0.15) is 0 Å². The summed E-state index contributed by atoms with van der Waals surface area (Å²) in [6, 6.07) is 6.10. The Morgan fingerprint density at radius 3 is 2.93 bits per heavy atom. The van der Waals surface area contributed by atoms with E-state index in [0.29, 0.717) is 19.3 Å². The van der Waals surface area contributed by atoms with Crippen LogP contribution in [0.4, 0.5) is 0 Å². The van der Waals surface area contributed by atoms with Gasteiger partial charge >= 0.3 is 0 Å². The van der Waals surface area contributed by atoms with Gasteiger partial charge in [0.15, 0.2) is 17.5 Å². The van der Waals surface area contributed by atoms with Gasteiger partial charge in [0.2, 0.25) is 6.79 Å². The van der Waals surface area contributed by atoms with E-state index < -0.39 is 0 Å². The van der Waals surface area contributed by atoms with Crippen molar-refractivity contribution in [3.05, 3.63) is 23.8 Å². The van der Waals surface area contributed by atoms with Crippen molar-refractivity contribution in [1.29, 1.82) is 0 Å². The van der Waals surface area contributed by atoms with E-state index >= 15 is 0 Å². The summed E-state index contributed by atoms with van der Waals surface area (Å²) in [5.74, 6) is 3.18. The average Bonchev–Trinajstić information content (AvgIpc) is 3.14. The molecule has 0 spiro atoms. The van der Waals surface area contributed by atoms with E-state index in [0.717, 1.165) is 63.2 Å². The second-order valence-corrected chi connectivity index (χ2v) is 7.73. The smallest absolute Gasteiger partial charge is 0.231 e. The molecule has 1 saturated heterocycles. The maximum Gasteiger partial charge on any atom is 0.231 e. The van der Waals surface area contributed by atoms with E-state index in [1.807, 2.05) is 12.1 Å². The maximum atomic E-state index is 5.90. The summed E-state index contributed by atoms with van der Waals surface area (Å²) in [5.41, 5.74) is 1.22. The first-order chi connectivity index (χ1) is 13.6. The molecule has 0 amide bonds. The molecule has 1 atom stereocenters. The summed E-state index contributed by atoms with van der Waals surface area (Å²) in [4.78, 5) is 7.22. The van der Waals surface area contributed by atoms with Crippen molar-refractivity contribution in [3.63, 3.8) is 0 Å². The summed E-state index contributed by atoms with van der Waals surface area (Å²) in [6.45, 7) is 13.1. The third-order valence-electron chi connectivity index (χ3n) is 4.79. The van der Waals surface area contributed by atoms with Crippen LogP contribution in [0.15, 0.2) is 23.2 Å². The number of morpholine rings is 1. The zero-order valence-electron chi connectivity index (χ0n) is 17.4. The van der Waals surface area contributed by atoms with Crippen LogP contribution in [-0.2, 0) is 11.2 Å². The van der Waals surface area contributed by atoms with Gasteiger partial charge in [0, 0.05) is 32.7 Å². The van der Waals surface area contributed by atoms with E-state index in [1.54, 1.807) is 0 Å². The van der Waals surface area contributed by atoms with E-state index in [4.69, 9.17) is 19.2 Å². The number of hydrogen-bond donors (Lipinski definition) is 2. The van der Waals surface area contributed by atoms with Gasteiger partial charge in [-0.3, -0.25) is 9.89 Å². The SMILES string of the molecule is CCNC(=NCC1CN(CC(C)C)CCO1)NCCc1ccc2c(c1)OCO2. The number of rotatable bonds is 8. The largest absolute Gasteiger partial charge is 0.454 e. The Morgan fingerprint density at radius 2 is 2.11 bits per heavy atom. The Morgan fingerprint density at radius 1 is 1.25 bits per heavy atom. The Kier molecular flexibility index (Phi) is 7.80. The number of nitrogens with one attached hydrogen (secondary N) is 2. The van der Waals surface area contributed by atoms with Crippen molar-refractivity contribution in [2.45, 2.75) is 33.3 Å². The fourth-order valence-electron chi connectivity index (χ4n) is 3.53. The number of nitrogens with zero attached hydrogens (tertiary/aromatic N) is 2. The maximum absolute atomic E-state index is 5.90. The van der Waals surface area contributed by atoms with Crippen LogP contribution in [0.3, 0.4) is 0 Å². The van der Waals surface area contributed by atoms with E-state index in [1.165, 1.54) is 5.56 Å². The molecule has 2 heterocycles. The summed E-state index contributed by atoms with van der Waals surface area (Å²) in [7, 11) is 0. The van der Waals surface area contributed by atoms with Crippen LogP contribution >= 0.6 is 0 Å². The highest BCUT2D eigenvalue weighted by molar-refractivity contribution is 5.79. The standard InChI is InChI=1S/C21H34N4O3/c1-4-22-21(24-12-18-14-25(9-10-26-18)13-16(2)3)23-8-7-17-5-6-19-20(11-17)28-15-27-19/h5-6,11,16,18H,4,7-10,12-15H2,1-3H3,(H2,22,23,24). The van der Waals surface area contributed by atoms with Crippen molar-refractivity contribution in [2.75, 3.05) is 52.7 Å². The first kappa shape index (κ1) is 20.7. The Balaban J connectivity index is 1.46. The monoisotopic (exact) mass is 390 g/mol. The van der Waals surface area contributed by atoms with Gasteiger partial charge in [-0.15, -0.1) is 0 Å². The average molecular weight is 391 g/mol. The number of guanidine groups is 1. The number of hydrogen-bond acceptors (Lipinski definition) is 5. The molecule has 2 aliphatic heterocycles. The van der Waals surface area contributed by atoms with E-state index in [2.05, 4.69) is 42.4 Å². The van der Waals surface area contributed by atoms with Crippen molar-refractivity contribution in [3.8, 4) is 11.5 Å². The molecule has 1 aromatic rings. The van der Waals surface area contributed by atoms with Crippen LogP contribution in [0, 0.1) is 5.92 Å². The van der Waals surface area contributed by atoms with Gasteiger partial charge in [0.05, 0.1) is 19.3 Å². The Hall–Kier alpha value is -1.99. The molecule has 0 aromatic heterocycles. The van der Waals surface area contributed by atoms with Crippen molar-refractivity contribution in [1.82, 2.24) is 15.5 Å². The molecule has 0 saturated carbocycles. The molecular formula is C21H34N4O3. The Labute approximate surface area is 168 Å². The normalized spacial score (nSPS) is 19.9. The third-order valence-corrected chi connectivity index (χ3v) is 4.79. The highest BCUT2D eigenvalue weighted by Crippen LogP contribution is 2.32. The van der Waals surface area contributed by atoms with Gasteiger partial charge in [-0.1, -0.05) is 19.9 Å². The molecule has 1 unspecified atom stereocenters. The molecule has 1 aromatic carbocycles. The molecule has 7 nitrogen and oxygen atoms in total.